The minimum atomic E-state index is -1.09. The summed E-state index contributed by atoms with van der Waals surface area (Å²) in [7, 11) is 0. The number of hydrogen-bond donors (Lipinski definition) is 2. The van der Waals surface area contributed by atoms with Crippen LogP contribution < -0.4 is 11.1 Å². The number of halogens is 1. The number of amides is 3. The summed E-state index contributed by atoms with van der Waals surface area (Å²) >= 11 is 0. The maximum atomic E-state index is 13.4. The quantitative estimate of drug-likeness (QED) is 0.510. The topological polar surface area (TPSA) is 95.7 Å². The van der Waals surface area contributed by atoms with Gasteiger partial charge in [0.05, 0.1) is 0 Å². The molecule has 0 bridgehead atoms. The van der Waals surface area contributed by atoms with E-state index in [1.807, 2.05) is 54.6 Å². The van der Waals surface area contributed by atoms with E-state index in [-0.39, 0.29) is 37.5 Å². The lowest BCUT2D eigenvalue weighted by Crippen LogP contribution is -2.53. The van der Waals surface area contributed by atoms with Crippen LogP contribution >= 0.6 is 0 Å². The van der Waals surface area contributed by atoms with Gasteiger partial charge in [-0.3, -0.25) is 14.4 Å². The van der Waals surface area contributed by atoms with E-state index in [2.05, 4.69) is 5.32 Å². The highest BCUT2D eigenvalue weighted by molar-refractivity contribution is 5.99. The third-order valence-corrected chi connectivity index (χ3v) is 6.24. The van der Waals surface area contributed by atoms with Gasteiger partial charge < -0.3 is 20.9 Å². The average molecular weight is 489 g/mol. The average Bonchev–Trinajstić information content (AvgIpc) is 3.36. The molecule has 0 saturated carbocycles. The summed E-state index contributed by atoms with van der Waals surface area (Å²) in [6, 6.07) is 22.3. The molecular formula is C28H29FN4O3. The minimum absolute atomic E-state index is 0.202. The molecule has 4 rings (SSSR count). The fourth-order valence-electron chi connectivity index (χ4n) is 4.33. The molecule has 0 aliphatic carbocycles. The molecule has 3 aromatic rings. The van der Waals surface area contributed by atoms with Crippen molar-refractivity contribution in [3.05, 3.63) is 107 Å². The first-order chi connectivity index (χ1) is 17.5. The van der Waals surface area contributed by atoms with Gasteiger partial charge in [-0.25, -0.2) is 4.39 Å². The largest absolute Gasteiger partial charge is 0.349 e. The van der Waals surface area contributed by atoms with Crippen molar-refractivity contribution in [2.45, 2.75) is 32.1 Å². The summed E-state index contributed by atoms with van der Waals surface area (Å²) in [6.45, 7) is 1.05. The molecule has 0 spiro atoms. The normalized spacial score (nSPS) is 15.1. The highest BCUT2D eigenvalue weighted by Crippen LogP contribution is 2.21. The third kappa shape index (κ3) is 5.95. The highest BCUT2D eigenvalue weighted by atomic mass is 19.1. The molecule has 1 fully saturated rings. The Morgan fingerprint density at radius 1 is 0.861 bits per heavy atom. The number of carbonyl (C=O) groups is 3. The first-order valence-electron chi connectivity index (χ1n) is 11.9. The standard InChI is InChI=1S/C28H29FN4O3/c29-24-12-10-23(11-13-24)28(36)33-16-15-32(25(34)14-9-20-5-2-1-3-6-20)27(33)26(35)31-19-22-8-4-7-21(17-22)18-30/h1-8,10-13,17,27H,9,14-16,18-19,30H2,(H,31,35). The van der Waals surface area contributed by atoms with E-state index in [4.69, 9.17) is 5.73 Å². The number of benzene rings is 3. The van der Waals surface area contributed by atoms with Gasteiger partial charge >= 0.3 is 0 Å². The molecule has 1 aliphatic rings. The Morgan fingerprint density at radius 2 is 1.53 bits per heavy atom. The molecule has 1 saturated heterocycles. The van der Waals surface area contributed by atoms with E-state index in [9.17, 15) is 18.8 Å². The fraction of sp³-hybridized carbons (Fsp3) is 0.250. The Labute approximate surface area is 209 Å². The van der Waals surface area contributed by atoms with Gasteiger partial charge in [0.15, 0.2) is 6.17 Å². The van der Waals surface area contributed by atoms with Crippen LogP contribution in [0.4, 0.5) is 4.39 Å². The minimum Gasteiger partial charge on any atom is -0.349 e. The molecule has 1 unspecified atom stereocenters. The summed E-state index contributed by atoms with van der Waals surface area (Å²) < 4.78 is 13.4. The summed E-state index contributed by atoms with van der Waals surface area (Å²) in [5.74, 6) is -1.55. The number of rotatable bonds is 8. The molecule has 36 heavy (non-hydrogen) atoms. The molecule has 3 amide bonds. The van der Waals surface area contributed by atoms with E-state index >= 15 is 0 Å². The van der Waals surface area contributed by atoms with Gasteiger partial charge in [-0.05, 0) is 47.4 Å². The van der Waals surface area contributed by atoms with Crippen LogP contribution in [0.15, 0.2) is 78.9 Å². The molecule has 3 aromatic carbocycles. The molecule has 186 valence electrons. The second kappa shape index (κ2) is 11.6. The van der Waals surface area contributed by atoms with Crippen molar-refractivity contribution in [2.24, 2.45) is 5.73 Å². The molecule has 7 nitrogen and oxygen atoms in total. The van der Waals surface area contributed by atoms with Gasteiger partial charge in [0.1, 0.15) is 5.82 Å². The number of aryl methyl sites for hydroxylation is 1. The molecule has 1 atom stereocenters. The summed E-state index contributed by atoms with van der Waals surface area (Å²) in [5, 5.41) is 2.87. The Kier molecular flexibility index (Phi) is 8.07. The first kappa shape index (κ1) is 25.1. The van der Waals surface area contributed by atoms with Crippen LogP contribution in [0.25, 0.3) is 0 Å². The van der Waals surface area contributed by atoms with Crippen molar-refractivity contribution in [3.63, 3.8) is 0 Å². The zero-order valence-corrected chi connectivity index (χ0v) is 19.9. The fourth-order valence-corrected chi connectivity index (χ4v) is 4.33. The first-order valence-corrected chi connectivity index (χ1v) is 11.9. The van der Waals surface area contributed by atoms with E-state index in [1.54, 1.807) is 0 Å². The molecule has 3 N–H and O–H groups in total. The predicted molar refractivity (Wildman–Crippen MR) is 134 cm³/mol. The number of nitrogens with zero attached hydrogens (tertiary/aromatic N) is 2. The van der Waals surface area contributed by atoms with Crippen molar-refractivity contribution in [3.8, 4) is 0 Å². The van der Waals surface area contributed by atoms with E-state index in [0.29, 0.717) is 13.0 Å². The van der Waals surface area contributed by atoms with Crippen molar-refractivity contribution in [1.29, 1.82) is 0 Å². The zero-order valence-electron chi connectivity index (χ0n) is 19.9. The van der Waals surface area contributed by atoms with Crippen LogP contribution in [-0.2, 0) is 29.1 Å². The lowest BCUT2D eigenvalue weighted by Gasteiger charge is -2.29. The Morgan fingerprint density at radius 3 is 2.25 bits per heavy atom. The number of nitrogens with one attached hydrogen (secondary N) is 1. The van der Waals surface area contributed by atoms with Crippen LogP contribution in [0.5, 0.6) is 0 Å². The molecular weight excluding hydrogens is 459 g/mol. The monoisotopic (exact) mass is 488 g/mol. The highest BCUT2D eigenvalue weighted by Gasteiger charge is 2.42. The van der Waals surface area contributed by atoms with Gasteiger partial charge in [-0.2, -0.15) is 0 Å². The SMILES string of the molecule is NCc1cccc(CNC(=O)C2N(C(=O)CCc3ccccc3)CCN2C(=O)c2ccc(F)cc2)c1. The van der Waals surface area contributed by atoms with Gasteiger partial charge in [0, 0.05) is 38.2 Å². The van der Waals surface area contributed by atoms with E-state index in [1.165, 1.54) is 34.1 Å². The Bertz CT molecular complexity index is 1220. The molecule has 1 aliphatic heterocycles. The second-order valence-corrected chi connectivity index (χ2v) is 8.69. The van der Waals surface area contributed by atoms with Crippen molar-refractivity contribution >= 4 is 17.7 Å². The van der Waals surface area contributed by atoms with Crippen LogP contribution in [0.2, 0.25) is 0 Å². The summed E-state index contributed by atoms with van der Waals surface area (Å²) in [5.41, 5.74) is 8.79. The van der Waals surface area contributed by atoms with E-state index < -0.39 is 23.8 Å². The van der Waals surface area contributed by atoms with Crippen LogP contribution in [0.3, 0.4) is 0 Å². The number of hydrogen-bond acceptors (Lipinski definition) is 4. The molecule has 0 radical (unpaired) electrons. The van der Waals surface area contributed by atoms with E-state index in [0.717, 1.165) is 16.7 Å². The molecule has 0 aromatic heterocycles. The van der Waals surface area contributed by atoms with Crippen molar-refractivity contribution in [2.75, 3.05) is 13.1 Å². The predicted octanol–water partition coefficient (Wildman–Crippen LogP) is 2.84. The van der Waals surface area contributed by atoms with Crippen LogP contribution in [-0.4, -0.2) is 46.8 Å². The maximum absolute atomic E-state index is 13.4. The van der Waals surface area contributed by atoms with Gasteiger partial charge in [-0.15, -0.1) is 0 Å². The number of carbonyl (C=O) groups excluding carboxylic acids is 3. The van der Waals surface area contributed by atoms with Gasteiger partial charge in [0.25, 0.3) is 11.8 Å². The Balaban J connectivity index is 1.52. The summed E-state index contributed by atoms with van der Waals surface area (Å²) in [6.07, 6.45) is -0.351. The molecule has 8 heteroatoms. The van der Waals surface area contributed by atoms with Crippen molar-refractivity contribution < 1.29 is 18.8 Å². The smallest absolute Gasteiger partial charge is 0.264 e. The van der Waals surface area contributed by atoms with Gasteiger partial charge in [0.2, 0.25) is 5.91 Å². The van der Waals surface area contributed by atoms with Gasteiger partial charge in [-0.1, -0.05) is 54.6 Å². The summed E-state index contributed by atoms with van der Waals surface area (Å²) in [4.78, 5) is 42.6. The lowest BCUT2D eigenvalue weighted by atomic mass is 10.1. The van der Waals surface area contributed by atoms with Crippen LogP contribution in [0.1, 0.15) is 33.5 Å². The Hall–Kier alpha value is -4.04. The maximum Gasteiger partial charge on any atom is 0.264 e. The number of nitrogens with two attached hydrogens (primary N) is 1. The van der Waals surface area contributed by atoms with Crippen LogP contribution in [0, 0.1) is 5.82 Å². The second-order valence-electron chi connectivity index (χ2n) is 8.69. The lowest BCUT2D eigenvalue weighted by molar-refractivity contribution is -0.141. The third-order valence-electron chi connectivity index (χ3n) is 6.24. The molecule has 1 heterocycles. The van der Waals surface area contributed by atoms with Crippen molar-refractivity contribution in [1.82, 2.24) is 15.1 Å². The zero-order chi connectivity index (χ0) is 25.5.